The van der Waals surface area contributed by atoms with Gasteiger partial charge in [0.15, 0.2) is 0 Å². The van der Waals surface area contributed by atoms with Crippen LogP contribution in [0.3, 0.4) is 0 Å². The fraction of sp³-hybridized carbons (Fsp3) is 0.273. The SMILES string of the molecule is CCC(=NNCc1ccccc1F)C(=O)O. The summed E-state index contributed by atoms with van der Waals surface area (Å²) in [7, 11) is 0. The van der Waals surface area contributed by atoms with E-state index in [1.165, 1.54) is 6.07 Å². The maximum Gasteiger partial charge on any atom is 0.352 e. The summed E-state index contributed by atoms with van der Waals surface area (Å²) in [5, 5.41) is 12.4. The molecule has 0 amide bonds. The van der Waals surface area contributed by atoms with E-state index in [0.717, 1.165) is 0 Å². The third-order valence-corrected chi connectivity index (χ3v) is 2.02. The Bertz CT molecular complexity index is 405. The number of hydrogen-bond donors (Lipinski definition) is 2. The second-order valence-electron chi connectivity index (χ2n) is 3.14. The van der Waals surface area contributed by atoms with Gasteiger partial charge in [-0.05, 0) is 12.5 Å². The fourth-order valence-electron chi connectivity index (χ4n) is 1.14. The van der Waals surface area contributed by atoms with Crippen LogP contribution in [0, 0.1) is 5.82 Å². The quantitative estimate of drug-likeness (QED) is 0.591. The summed E-state index contributed by atoms with van der Waals surface area (Å²) < 4.78 is 13.1. The monoisotopic (exact) mass is 224 g/mol. The third-order valence-electron chi connectivity index (χ3n) is 2.02. The van der Waals surface area contributed by atoms with Crippen LogP contribution in [-0.4, -0.2) is 16.8 Å². The Hall–Kier alpha value is -1.91. The van der Waals surface area contributed by atoms with Crippen molar-refractivity contribution in [2.45, 2.75) is 19.9 Å². The fourth-order valence-corrected chi connectivity index (χ4v) is 1.14. The molecule has 0 saturated heterocycles. The molecule has 86 valence electrons. The highest BCUT2D eigenvalue weighted by Crippen LogP contribution is 2.05. The van der Waals surface area contributed by atoms with E-state index in [1.54, 1.807) is 25.1 Å². The smallest absolute Gasteiger partial charge is 0.352 e. The second kappa shape index (κ2) is 5.85. The zero-order valence-corrected chi connectivity index (χ0v) is 8.90. The Labute approximate surface area is 92.8 Å². The number of nitrogens with zero attached hydrogens (tertiary/aromatic N) is 1. The first-order valence-corrected chi connectivity index (χ1v) is 4.91. The Morgan fingerprint density at radius 3 is 2.75 bits per heavy atom. The molecule has 0 atom stereocenters. The highest BCUT2D eigenvalue weighted by Gasteiger charge is 2.05. The summed E-state index contributed by atoms with van der Waals surface area (Å²) in [4.78, 5) is 10.6. The lowest BCUT2D eigenvalue weighted by molar-refractivity contribution is -0.129. The van der Waals surface area contributed by atoms with Gasteiger partial charge in [-0.25, -0.2) is 9.18 Å². The number of aliphatic carboxylic acids is 1. The average Bonchev–Trinajstić information content (AvgIpc) is 2.26. The number of benzene rings is 1. The molecular formula is C11H13FN2O2. The van der Waals surface area contributed by atoms with Crippen LogP contribution >= 0.6 is 0 Å². The van der Waals surface area contributed by atoms with E-state index in [0.29, 0.717) is 12.0 Å². The minimum Gasteiger partial charge on any atom is -0.477 e. The van der Waals surface area contributed by atoms with Crippen LogP contribution in [0.15, 0.2) is 29.4 Å². The first kappa shape index (κ1) is 12.2. The molecule has 0 aliphatic rings. The number of rotatable bonds is 5. The topological polar surface area (TPSA) is 61.7 Å². The first-order chi connectivity index (χ1) is 7.65. The van der Waals surface area contributed by atoms with E-state index in [2.05, 4.69) is 10.5 Å². The molecule has 4 nitrogen and oxygen atoms in total. The third kappa shape index (κ3) is 3.34. The summed E-state index contributed by atoms with van der Waals surface area (Å²) >= 11 is 0. The highest BCUT2D eigenvalue weighted by atomic mass is 19.1. The lowest BCUT2D eigenvalue weighted by atomic mass is 10.2. The molecule has 0 unspecified atom stereocenters. The van der Waals surface area contributed by atoms with Crippen LogP contribution in [0.25, 0.3) is 0 Å². The van der Waals surface area contributed by atoms with Crippen molar-refractivity contribution in [2.75, 3.05) is 0 Å². The number of nitrogens with one attached hydrogen (secondary N) is 1. The minimum absolute atomic E-state index is 0.0244. The van der Waals surface area contributed by atoms with E-state index >= 15 is 0 Å². The predicted octanol–water partition coefficient (Wildman–Crippen LogP) is 1.77. The van der Waals surface area contributed by atoms with Crippen LogP contribution in [0.4, 0.5) is 4.39 Å². The Morgan fingerprint density at radius 1 is 1.50 bits per heavy atom. The number of carbonyl (C=O) groups is 1. The number of carboxylic acid groups (broad SMARTS) is 1. The second-order valence-corrected chi connectivity index (χ2v) is 3.14. The zero-order valence-electron chi connectivity index (χ0n) is 8.90. The predicted molar refractivity (Wildman–Crippen MR) is 58.6 cm³/mol. The summed E-state index contributed by atoms with van der Waals surface area (Å²) in [6, 6.07) is 6.27. The molecule has 1 aromatic rings. The van der Waals surface area contributed by atoms with Gasteiger partial charge in [-0.15, -0.1) is 0 Å². The van der Waals surface area contributed by atoms with Crippen molar-refractivity contribution in [1.29, 1.82) is 0 Å². The van der Waals surface area contributed by atoms with Crippen LogP contribution < -0.4 is 5.43 Å². The molecule has 0 heterocycles. The van der Waals surface area contributed by atoms with Crippen LogP contribution in [0.5, 0.6) is 0 Å². The summed E-state index contributed by atoms with van der Waals surface area (Å²) in [5.74, 6) is -1.40. The molecule has 0 aliphatic heterocycles. The van der Waals surface area contributed by atoms with Gasteiger partial charge in [-0.1, -0.05) is 25.1 Å². The summed E-state index contributed by atoms with van der Waals surface area (Å²) in [6.45, 7) is 1.86. The zero-order chi connectivity index (χ0) is 12.0. The summed E-state index contributed by atoms with van der Waals surface area (Å²) in [6.07, 6.45) is 0.319. The van der Waals surface area contributed by atoms with E-state index < -0.39 is 5.97 Å². The van der Waals surface area contributed by atoms with Crippen LogP contribution in [-0.2, 0) is 11.3 Å². The van der Waals surface area contributed by atoms with Crippen molar-refractivity contribution in [1.82, 2.24) is 5.43 Å². The maximum absolute atomic E-state index is 13.1. The standard InChI is InChI=1S/C11H13FN2O2/c1-2-10(11(15)16)14-13-7-8-5-3-4-6-9(8)12/h3-6,13H,2,7H2,1H3,(H,15,16). The van der Waals surface area contributed by atoms with E-state index in [4.69, 9.17) is 5.11 Å². The van der Waals surface area contributed by atoms with Gasteiger partial charge < -0.3 is 10.5 Å². The van der Waals surface area contributed by atoms with Crippen LogP contribution in [0.2, 0.25) is 0 Å². The van der Waals surface area contributed by atoms with Crippen molar-refractivity contribution in [3.63, 3.8) is 0 Å². The van der Waals surface area contributed by atoms with E-state index in [-0.39, 0.29) is 18.1 Å². The van der Waals surface area contributed by atoms with Gasteiger partial charge in [0, 0.05) is 5.56 Å². The maximum atomic E-state index is 13.1. The molecule has 0 fully saturated rings. The van der Waals surface area contributed by atoms with Crippen LogP contribution in [0.1, 0.15) is 18.9 Å². The molecule has 16 heavy (non-hydrogen) atoms. The molecule has 0 aliphatic carbocycles. The molecule has 2 N–H and O–H groups in total. The van der Waals surface area contributed by atoms with Gasteiger partial charge in [-0.3, -0.25) is 0 Å². The van der Waals surface area contributed by atoms with Gasteiger partial charge in [-0.2, -0.15) is 5.10 Å². The van der Waals surface area contributed by atoms with E-state index in [1.807, 2.05) is 0 Å². The van der Waals surface area contributed by atoms with Gasteiger partial charge in [0.1, 0.15) is 11.5 Å². The Balaban J connectivity index is 2.59. The largest absolute Gasteiger partial charge is 0.477 e. The molecule has 0 radical (unpaired) electrons. The Morgan fingerprint density at radius 2 is 2.19 bits per heavy atom. The molecule has 1 aromatic carbocycles. The molecule has 0 saturated carbocycles. The number of hydrazone groups is 1. The molecule has 0 aromatic heterocycles. The number of carboxylic acids is 1. The van der Waals surface area contributed by atoms with Gasteiger partial charge in [0.05, 0.1) is 6.54 Å². The lowest BCUT2D eigenvalue weighted by Gasteiger charge is -2.03. The summed E-state index contributed by atoms with van der Waals surface area (Å²) in [5.41, 5.74) is 3.02. The lowest BCUT2D eigenvalue weighted by Crippen LogP contribution is -2.17. The molecule has 0 bridgehead atoms. The van der Waals surface area contributed by atoms with Crippen molar-refractivity contribution in [2.24, 2.45) is 5.10 Å². The number of hydrogen-bond acceptors (Lipinski definition) is 3. The normalized spacial score (nSPS) is 11.2. The van der Waals surface area contributed by atoms with Crippen molar-refractivity contribution in [3.05, 3.63) is 35.6 Å². The average molecular weight is 224 g/mol. The van der Waals surface area contributed by atoms with Gasteiger partial charge in [0.2, 0.25) is 0 Å². The van der Waals surface area contributed by atoms with Crippen molar-refractivity contribution >= 4 is 11.7 Å². The van der Waals surface area contributed by atoms with Crippen molar-refractivity contribution < 1.29 is 14.3 Å². The molecule has 0 spiro atoms. The molecular weight excluding hydrogens is 211 g/mol. The molecule has 1 rings (SSSR count). The first-order valence-electron chi connectivity index (χ1n) is 4.91. The van der Waals surface area contributed by atoms with Crippen molar-refractivity contribution in [3.8, 4) is 0 Å². The Kier molecular flexibility index (Phi) is 4.44. The minimum atomic E-state index is -1.07. The van der Waals surface area contributed by atoms with Gasteiger partial charge in [0.25, 0.3) is 0 Å². The van der Waals surface area contributed by atoms with E-state index in [9.17, 15) is 9.18 Å². The molecule has 5 heteroatoms. The number of halogens is 1. The highest BCUT2D eigenvalue weighted by molar-refractivity contribution is 6.35. The van der Waals surface area contributed by atoms with Gasteiger partial charge >= 0.3 is 5.97 Å².